The zero-order valence-electron chi connectivity index (χ0n) is 12.2. The zero-order chi connectivity index (χ0) is 13.7. The van der Waals surface area contributed by atoms with Crippen molar-refractivity contribution in [3.05, 3.63) is 29.8 Å². The molecule has 1 aliphatic carbocycles. The molecule has 1 aromatic carbocycles. The van der Waals surface area contributed by atoms with E-state index in [-0.39, 0.29) is 0 Å². The summed E-state index contributed by atoms with van der Waals surface area (Å²) in [5, 5.41) is 3.62. The van der Waals surface area contributed by atoms with Crippen molar-refractivity contribution in [1.82, 2.24) is 5.32 Å². The van der Waals surface area contributed by atoms with Gasteiger partial charge in [-0.1, -0.05) is 19.1 Å². The van der Waals surface area contributed by atoms with Gasteiger partial charge in [0.05, 0.1) is 7.11 Å². The highest BCUT2D eigenvalue weighted by Crippen LogP contribution is 2.37. The molecule has 0 amide bonds. The summed E-state index contributed by atoms with van der Waals surface area (Å²) in [6.07, 6.45) is 2.48. The molecule has 19 heavy (non-hydrogen) atoms. The van der Waals surface area contributed by atoms with Gasteiger partial charge in [-0.3, -0.25) is 0 Å². The smallest absolute Gasteiger partial charge is 0.118 e. The van der Waals surface area contributed by atoms with E-state index in [2.05, 4.69) is 36.5 Å². The van der Waals surface area contributed by atoms with Crippen LogP contribution in [0.4, 0.5) is 0 Å². The van der Waals surface area contributed by atoms with E-state index in [1.54, 1.807) is 14.2 Å². The Hall–Kier alpha value is -1.06. The van der Waals surface area contributed by atoms with Gasteiger partial charge < -0.3 is 14.8 Å². The van der Waals surface area contributed by atoms with E-state index in [0.717, 1.165) is 18.9 Å². The van der Waals surface area contributed by atoms with Crippen LogP contribution in [0.5, 0.6) is 5.75 Å². The fraction of sp³-hybridized carbons (Fsp3) is 0.625. The Labute approximate surface area is 116 Å². The van der Waals surface area contributed by atoms with Crippen molar-refractivity contribution in [3.63, 3.8) is 0 Å². The fourth-order valence-corrected chi connectivity index (χ4v) is 2.64. The molecule has 1 fully saturated rings. The van der Waals surface area contributed by atoms with Gasteiger partial charge in [0.25, 0.3) is 0 Å². The third-order valence-corrected chi connectivity index (χ3v) is 3.93. The number of hydrogen-bond donors (Lipinski definition) is 1. The van der Waals surface area contributed by atoms with E-state index in [9.17, 15) is 0 Å². The van der Waals surface area contributed by atoms with E-state index in [0.29, 0.717) is 17.9 Å². The highest BCUT2D eigenvalue weighted by atomic mass is 16.5. The van der Waals surface area contributed by atoms with Gasteiger partial charge in [-0.25, -0.2) is 0 Å². The molecule has 3 nitrogen and oxygen atoms in total. The molecule has 0 bridgehead atoms. The molecule has 0 spiro atoms. The largest absolute Gasteiger partial charge is 0.497 e. The quantitative estimate of drug-likeness (QED) is 0.820. The molecule has 0 aliphatic heterocycles. The molecule has 1 aliphatic rings. The maximum atomic E-state index is 5.19. The molecule has 0 aromatic heterocycles. The van der Waals surface area contributed by atoms with Crippen molar-refractivity contribution >= 4 is 0 Å². The number of nitrogens with one attached hydrogen (secondary N) is 1. The molecule has 1 atom stereocenters. The fourth-order valence-electron chi connectivity index (χ4n) is 2.64. The maximum absolute atomic E-state index is 5.19. The number of hydrogen-bond acceptors (Lipinski definition) is 3. The summed E-state index contributed by atoms with van der Waals surface area (Å²) in [6, 6.07) is 9.15. The third-order valence-electron chi connectivity index (χ3n) is 3.93. The van der Waals surface area contributed by atoms with Crippen molar-refractivity contribution < 1.29 is 9.47 Å². The summed E-state index contributed by atoms with van der Waals surface area (Å²) in [4.78, 5) is 0. The maximum Gasteiger partial charge on any atom is 0.118 e. The standard InChI is InChI=1S/C16H25NO2/c1-12(11-18-2)10-17-15-8-14(9-15)13-4-6-16(19-3)7-5-13/h4-7,12,14-15,17H,8-11H2,1-3H3. The van der Waals surface area contributed by atoms with E-state index in [1.807, 2.05) is 0 Å². The molecule has 1 N–H and O–H groups in total. The van der Waals surface area contributed by atoms with Gasteiger partial charge in [-0.15, -0.1) is 0 Å². The van der Waals surface area contributed by atoms with Crippen molar-refractivity contribution in [2.45, 2.75) is 31.7 Å². The highest BCUT2D eigenvalue weighted by molar-refractivity contribution is 5.30. The van der Waals surface area contributed by atoms with Crippen LogP contribution in [0, 0.1) is 5.92 Å². The lowest BCUT2D eigenvalue weighted by Crippen LogP contribution is -2.42. The van der Waals surface area contributed by atoms with Crippen molar-refractivity contribution in [1.29, 1.82) is 0 Å². The Morgan fingerprint density at radius 3 is 2.47 bits per heavy atom. The zero-order valence-corrected chi connectivity index (χ0v) is 12.2. The Kier molecular flexibility index (Phi) is 5.23. The molecule has 1 aromatic rings. The summed E-state index contributed by atoms with van der Waals surface area (Å²) >= 11 is 0. The average Bonchev–Trinajstić information content (AvgIpc) is 2.38. The molecular formula is C16H25NO2. The van der Waals surface area contributed by atoms with Crippen LogP contribution in [-0.4, -0.2) is 33.4 Å². The molecule has 106 valence electrons. The Morgan fingerprint density at radius 2 is 1.89 bits per heavy atom. The number of methoxy groups -OCH3 is 2. The Morgan fingerprint density at radius 1 is 1.21 bits per heavy atom. The first-order valence-corrected chi connectivity index (χ1v) is 7.09. The van der Waals surface area contributed by atoms with Gasteiger partial charge in [0, 0.05) is 26.3 Å². The van der Waals surface area contributed by atoms with Gasteiger partial charge in [0.15, 0.2) is 0 Å². The molecule has 0 radical (unpaired) electrons. The molecule has 0 heterocycles. The first-order valence-electron chi connectivity index (χ1n) is 7.09. The topological polar surface area (TPSA) is 30.5 Å². The summed E-state index contributed by atoms with van der Waals surface area (Å²) in [6.45, 7) is 4.10. The van der Waals surface area contributed by atoms with Crippen LogP contribution in [-0.2, 0) is 4.74 Å². The van der Waals surface area contributed by atoms with Crippen LogP contribution >= 0.6 is 0 Å². The molecule has 0 saturated heterocycles. The van der Waals surface area contributed by atoms with Crippen LogP contribution in [0.2, 0.25) is 0 Å². The van der Waals surface area contributed by atoms with Crippen LogP contribution in [0.25, 0.3) is 0 Å². The normalized spacial score (nSPS) is 23.7. The van der Waals surface area contributed by atoms with Crippen LogP contribution in [0.3, 0.4) is 0 Å². The van der Waals surface area contributed by atoms with E-state index < -0.39 is 0 Å². The highest BCUT2D eigenvalue weighted by Gasteiger charge is 2.29. The van der Waals surface area contributed by atoms with Gasteiger partial charge in [0.2, 0.25) is 0 Å². The van der Waals surface area contributed by atoms with E-state index in [4.69, 9.17) is 9.47 Å². The lowest BCUT2D eigenvalue weighted by Gasteiger charge is -2.37. The molecule has 1 saturated carbocycles. The van der Waals surface area contributed by atoms with Crippen LogP contribution < -0.4 is 10.1 Å². The molecule has 1 unspecified atom stereocenters. The van der Waals surface area contributed by atoms with Crippen molar-refractivity contribution in [2.24, 2.45) is 5.92 Å². The predicted molar refractivity (Wildman–Crippen MR) is 77.8 cm³/mol. The monoisotopic (exact) mass is 263 g/mol. The first kappa shape index (κ1) is 14.4. The number of ether oxygens (including phenoxy) is 2. The second-order valence-corrected chi connectivity index (χ2v) is 5.61. The Balaban J connectivity index is 1.70. The molecule has 2 rings (SSSR count). The minimum Gasteiger partial charge on any atom is -0.497 e. The number of rotatable bonds is 7. The van der Waals surface area contributed by atoms with Gasteiger partial charge >= 0.3 is 0 Å². The summed E-state index contributed by atoms with van der Waals surface area (Å²) in [7, 11) is 3.47. The van der Waals surface area contributed by atoms with Crippen LogP contribution in [0.15, 0.2) is 24.3 Å². The lowest BCUT2D eigenvalue weighted by molar-refractivity contribution is 0.152. The summed E-state index contributed by atoms with van der Waals surface area (Å²) in [5.74, 6) is 2.23. The average molecular weight is 263 g/mol. The minimum atomic E-state index is 0.588. The molecule has 3 heteroatoms. The predicted octanol–water partition coefficient (Wildman–Crippen LogP) is 2.81. The minimum absolute atomic E-state index is 0.588. The summed E-state index contributed by atoms with van der Waals surface area (Å²) < 4.78 is 10.3. The van der Waals surface area contributed by atoms with Gasteiger partial charge in [-0.05, 0) is 42.4 Å². The van der Waals surface area contributed by atoms with E-state index >= 15 is 0 Å². The van der Waals surface area contributed by atoms with E-state index in [1.165, 1.54) is 18.4 Å². The lowest BCUT2D eigenvalue weighted by atomic mass is 9.76. The second kappa shape index (κ2) is 6.92. The van der Waals surface area contributed by atoms with Gasteiger partial charge in [-0.2, -0.15) is 0 Å². The third kappa shape index (κ3) is 3.95. The Bertz CT molecular complexity index is 371. The molecular weight excluding hydrogens is 238 g/mol. The van der Waals surface area contributed by atoms with Crippen molar-refractivity contribution in [2.75, 3.05) is 27.4 Å². The first-order chi connectivity index (χ1) is 9.22. The second-order valence-electron chi connectivity index (χ2n) is 5.61. The number of benzene rings is 1. The van der Waals surface area contributed by atoms with Crippen LogP contribution in [0.1, 0.15) is 31.2 Å². The van der Waals surface area contributed by atoms with Crippen molar-refractivity contribution in [3.8, 4) is 5.75 Å². The van der Waals surface area contributed by atoms with Gasteiger partial charge in [0.1, 0.15) is 5.75 Å². The SMILES string of the molecule is COCC(C)CNC1CC(c2ccc(OC)cc2)C1. The summed E-state index contributed by atoms with van der Waals surface area (Å²) in [5.41, 5.74) is 1.43.